The van der Waals surface area contributed by atoms with Gasteiger partial charge in [-0.25, -0.2) is 17.9 Å². The summed E-state index contributed by atoms with van der Waals surface area (Å²) >= 11 is 2.43. The molecular weight excluding hydrogens is 472 g/mol. The third kappa shape index (κ3) is 4.28. The van der Waals surface area contributed by atoms with Gasteiger partial charge in [-0.1, -0.05) is 18.7 Å². The molecule has 0 unspecified atom stereocenters. The number of aliphatic carboxylic acids is 1. The standard InChI is InChI=1S/C15H20N6O7S3/c1-4-31(26,27)7-9(22)16-15(28-3)12(25)21-10(11(23)24)8(5-29-13(15)21)6-30-14-17-18-19-20(14)2/h13H,4-7H2,1-3H3,(H,16,22)(H,23,24)/t13-,15+/m1/s1. The van der Waals surface area contributed by atoms with Crippen LogP contribution in [0.5, 0.6) is 0 Å². The second kappa shape index (κ2) is 8.76. The largest absolute Gasteiger partial charge is 0.477 e. The first-order chi connectivity index (χ1) is 14.6. The summed E-state index contributed by atoms with van der Waals surface area (Å²) in [5, 5.41) is 22.8. The Morgan fingerprint density at radius 1 is 1.45 bits per heavy atom. The van der Waals surface area contributed by atoms with Crippen LogP contribution in [-0.4, -0.2) is 97.6 Å². The third-order valence-electron chi connectivity index (χ3n) is 4.71. The lowest BCUT2D eigenvalue weighted by Gasteiger charge is -2.55. The Bertz CT molecular complexity index is 1060. The number of carbonyl (C=O) groups is 3. The molecule has 16 heteroatoms. The first-order valence-corrected chi connectivity index (χ1v) is 12.7. The summed E-state index contributed by atoms with van der Waals surface area (Å²) < 4.78 is 30.2. The van der Waals surface area contributed by atoms with Crippen molar-refractivity contribution in [2.45, 2.75) is 23.2 Å². The zero-order valence-corrected chi connectivity index (χ0v) is 19.2. The predicted molar refractivity (Wildman–Crippen MR) is 109 cm³/mol. The lowest BCUT2D eigenvalue weighted by Crippen LogP contribution is -2.81. The summed E-state index contributed by atoms with van der Waals surface area (Å²) in [6.45, 7) is 1.41. The number of carboxylic acid groups (broad SMARTS) is 1. The Hall–Kier alpha value is -2.17. The van der Waals surface area contributed by atoms with Crippen LogP contribution in [-0.2, 0) is 36.0 Å². The number of aromatic nitrogens is 4. The van der Waals surface area contributed by atoms with Crippen molar-refractivity contribution in [1.82, 2.24) is 30.4 Å². The van der Waals surface area contributed by atoms with Crippen molar-refractivity contribution in [3.63, 3.8) is 0 Å². The van der Waals surface area contributed by atoms with Crippen molar-refractivity contribution in [2.24, 2.45) is 7.05 Å². The molecule has 2 N–H and O–H groups in total. The van der Waals surface area contributed by atoms with Gasteiger partial charge in [0.25, 0.3) is 11.6 Å². The van der Waals surface area contributed by atoms with Crippen LogP contribution in [0.2, 0.25) is 0 Å². The molecule has 1 saturated heterocycles. The molecule has 1 fully saturated rings. The van der Waals surface area contributed by atoms with Crippen LogP contribution < -0.4 is 5.32 Å². The second-order valence-corrected chi connectivity index (χ2v) is 11.0. The van der Waals surface area contributed by atoms with Gasteiger partial charge in [-0.2, -0.15) is 0 Å². The van der Waals surface area contributed by atoms with Crippen LogP contribution in [0.15, 0.2) is 16.4 Å². The molecule has 0 bridgehead atoms. The topological polar surface area (TPSA) is 174 Å². The number of hydrogen-bond acceptors (Lipinski definition) is 11. The van der Waals surface area contributed by atoms with E-state index in [1.54, 1.807) is 7.05 Å². The molecule has 2 atom stereocenters. The van der Waals surface area contributed by atoms with E-state index in [4.69, 9.17) is 4.74 Å². The number of carbonyl (C=O) groups excluding carboxylic acids is 2. The summed E-state index contributed by atoms with van der Waals surface area (Å²) in [5.41, 5.74) is -1.54. The molecule has 0 radical (unpaired) electrons. The van der Waals surface area contributed by atoms with E-state index in [2.05, 4.69) is 20.8 Å². The van der Waals surface area contributed by atoms with Gasteiger partial charge in [-0.15, -0.1) is 16.9 Å². The lowest BCUT2D eigenvalue weighted by atomic mass is 9.98. The van der Waals surface area contributed by atoms with E-state index >= 15 is 0 Å². The second-order valence-electron chi connectivity index (χ2n) is 6.63. The summed E-state index contributed by atoms with van der Waals surface area (Å²) in [6, 6.07) is 0. The molecule has 0 saturated carbocycles. The molecule has 2 aliphatic heterocycles. The summed E-state index contributed by atoms with van der Waals surface area (Å²) in [5.74, 6) is -3.51. The van der Waals surface area contributed by atoms with Gasteiger partial charge in [-0.3, -0.25) is 14.5 Å². The van der Waals surface area contributed by atoms with Crippen molar-refractivity contribution in [3.8, 4) is 0 Å². The van der Waals surface area contributed by atoms with Crippen LogP contribution in [0.3, 0.4) is 0 Å². The van der Waals surface area contributed by atoms with Gasteiger partial charge >= 0.3 is 5.97 Å². The minimum absolute atomic E-state index is 0.195. The molecule has 1 aromatic heterocycles. The number of fused-ring (bicyclic) bond motifs is 1. The first kappa shape index (κ1) is 23.5. The van der Waals surface area contributed by atoms with Gasteiger partial charge in [0.05, 0.1) is 0 Å². The van der Waals surface area contributed by atoms with Gasteiger partial charge in [0.1, 0.15) is 16.8 Å². The fourth-order valence-corrected chi connectivity index (χ4v) is 6.20. The highest BCUT2D eigenvalue weighted by molar-refractivity contribution is 8.01. The Morgan fingerprint density at radius 3 is 2.71 bits per heavy atom. The number of methoxy groups -OCH3 is 1. The van der Waals surface area contributed by atoms with E-state index in [0.717, 1.165) is 4.90 Å². The fourth-order valence-electron chi connectivity index (χ4n) is 3.09. The van der Waals surface area contributed by atoms with E-state index in [0.29, 0.717) is 10.7 Å². The maximum atomic E-state index is 12.9. The number of carboxylic acids is 1. The number of β-lactam (4-membered cyclic amide) rings is 1. The molecule has 0 aliphatic carbocycles. The van der Waals surface area contributed by atoms with E-state index < -0.39 is 44.5 Å². The Balaban J connectivity index is 1.82. The lowest BCUT2D eigenvalue weighted by molar-refractivity contribution is -0.192. The minimum Gasteiger partial charge on any atom is -0.477 e. The van der Waals surface area contributed by atoms with E-state index in [1.807, 2.05) is 0 Å². The maximum Gasteiger partial charge on any atom is 0.352 e. The normalized spacial score (nSPS) is 23.4. The highest BCUT2D eigenvalue weighted by atomic mass is 32.2. The number of rotatable bonds is 9. The number of hydrogen-bond donors (Lipinski definition) is 2. The van der Waals surface area contributed by atoms with E-state index in [-0.39, 0.29) is 23.0 Å². The van der Waals surface area contributed by atoms with Crippen molar-refractivity contribution < 1.29 is 32.6 Å². The molecule has 3 rings (SSSR count). The van der Waals surface area contributed by atoms with Gasteiger partial charge < -0.3 is 15.2 Å². The monoisotopic (exact) mass is 492 g/mol. The Morgan fingerprint density at radius 2 is 2.16 bits per heavy atom. The number of thioether (sulfide) groups is 2. The SMILES string of the molecule is CCS(=O)(=O)CC(=O)N[C@]1(OC)C(=O)N2C(C(=O)O)=C(CSc3nnnn3C)CS[C@@H]21. The summed E-state index contributed by atoms with van der Waals surface area (Å²) in [4.78, 5) is 38.2. The van der Waals surface area contributed by atoms with E-state index in [1.165, 1.54) is 42.2 Å². The number of nitrogens with zero attached hydrogens (tertiary/aromatic N) is 5. The molecule has 0 aromatic carbocycles. The van der Waals surface area contributed by atoms with Crippen molar-refractivity contribution >= 4 is 51.1 Å². The van der Waals surface area contributed by atoms with Crippen molar-refractivity contribution in [1.29, 1.82) is 0 Å². The zero-order valence-electron chi connectivity index (χ0n) is 16.8. The number of ether oxygens (including phenoxy) is 1. The van der Waals surface area contributed by atoms with Crippen molar-refractivity contribution in [3.05, 3.63) is 11.3 Å². The molecule has 13 nitrogen and oxygen atoms in total. The quantitative estimate of drug-likeness (QED) is 0.231. The van der Waals surface area contributed by atoms with Gasteiger partial charge in [0, 0.05) is 31.4 Å². The average molecular weight is 493 g/mol. The molecule has 0 spiro atoms. The summed E-state index contributed by atoms with van der Waals surface area (Å²) in [6.07, 6.45) is 0. The van der Waals surface area contributed by atoms with Crippen LogP contribution >= 0.6 is 23.5 Å². The molecule has 2 aliphatic rings. The fraction of sp³-hybridized carbons (Fsp3) is 0.600. The highest BCUT2D eigenvalue weighted by Gasteiger charge is 2.66. The molecule has 170 valence electrons. The maximum absolute atomic E-state index is 12.9. The van der Waals surface area contributed by atoms with Gasteiger partial charge in [0.15, 0.2) is 9.84 Å². The van der Waals surface area contributed by atoms with Crippen LogP contribution in [0.1, 0.15) is 6.92 Å². The number of amides is 2. The van der Waals surface area contributed by atoms with Crippen LogP contribution in [0.25, 0.3) is 0 Å². The number of nitrogens with one attached hydrogen (secondary N) is 1. The number of aryl methyl sites for hydroxylation is 1. The minimum atomic E-state index is -3.62. The van der Waals surface area contributed by atoms with Crippen molar-refractivity contribution in [2.75, 3.05) is 30.1 Å². The third-order valence-corrected chi connectivity index (χ3v) is 8.76. The molecule has 1 aromatic rings. The van der Waals surface area contributed by atoms with E-state index in [9.17, 15) is 27.9 Å². The van der Waals surface area contributed by atoms with Crippen LogP contribution in [0.4, 0.5) is 0 Å². The first-order valence-electron chi connectivity index (χ1n) is 8.88. The molecular formula is C15H20N6O7S3. The van der Waals surface area contributed by atoms with Gasteiger partial charge in [-0.05, 0) is 16.0 Å². The summed E-state index contributed by atoms with van der Waals surface area (Å²) in [7, 11) is -0.777. The smallest absolute Gasteiger partial charge is 0.352 e. The van der Waals surface area contributed by atoms with Gasteiger partial charge in [0.2, 0.25) is 11.1 Å². The molecule has 31 heavy (non-hydrogen) atoms. The molecule has 2 amide bonds. The number of tetrazole rings is 1. The average Bonchev–Trinajstić information content (AvgIpc) is 3.13. The number of sulfone groups is 1. The zero-order chi connectivity index (χ0) is 23.0. The predicted octanol–water partition coefficient (Wildman–Crippen LogP) is -1.55. The molecule has 3 heterocycles. The Labute approximate surface area is 185 Å². The highest BCUT2D eigenvalue weighted by Crippen LogP contribution is 2.47. The Kier molecular flexibility index (Phi) is 6.64. The van der Waals surface area contributed by atoms with Crippen LogP contribution in [0, 0.1) is 0 Å².